The van der Waals surface area contributed by atoms with Gasteiger partial charge < -0.3 is 10.5 Å². The summed E-state index contributed by atoms with van der Waals surface area (Å²) in [6.45, 7) is 4.69. The van der Waals surface area contributed by atoms with Crippen LogP contribution in [0.25, 0.3) is 0 Å². The van der Waals surface area contributed by atoms with Crippen LogP contribution in [-0.4, -0.2) is 18.6 Å². The van der Waals surface area contributed by atoms with E-state index in [9.17, 15) is 0 Å². The first-order valence-corrected chi connectivity index (χ1v) is 6.42. The van der Waals surface area contributed by atoms with Crippen LogP contribution in [-0.2, 0) is 0 Å². The number of methoxy groups -OCH3 is 1. The number of aromatic nitrogens is 1. The molecule has 0 aliphatic carbocycles. The van der Waals surface area contributed by atoms with E-state index in [1.165, 1.54) is 5.56 Å². The van der Waals surface area contributed by atoms with Crippen LogP contribution in [0.15, 0.2) is 36.7 Å². The Balaban J connectivity index is 2.45. The van der Waals surface area contributed by atoms with Crippen molar-refractivity contribution in [2.24, 2.45) is 5.73 Å². The molecule has 0 amide bonds. The second kappa shape index (κ2) is 5.85. The molecule has 1 aromatic carbocycles. The topological polar surface area (TPSA) is 48.1 Å². The Morgan fingerprint density at radius 3 is 2.37 bits per heavy atom. The molecule has 0 radical (unpaired) electrons. The van der Waals surface area contributed by atoms with E-state index in [1.54, 1.807) is 13.3 Å². The molecule has 1 heterocycles. The molecule has 0 aliphatic heterocycles. The van der Waals surface area contributed by atoms with Gasteiger partial charge >= 0.3 is 0 Å². The third kappa shape index (κ3) is 2.76. The van der Waals surface area contributed by atoms with Crippen molar-refractivity contribution in [3.05, 3.63) is 58.9 Å². The average Bonchev–Trinajstić information content (AvgIpc) is 2.40. The fourth-order valence-corrected chi connectivity index (χ4v) is 2.55. The zero-order chi connectivity index (χ0) is 13.8. The van der Waals surface area contributed by atoms with E-state index in [0.29, 0.717) is 6.54 Å². The summed E-state index contributed by atoms with van der Waals surface area (Å²) in [5.74, 6) is 1.13. The number of nitrogens with two attached hydrogens (primary N) is 1. The van der Waals surface area contributed by atoms with Crippen molar-refractivity contribution in [1.29, 1.82) is 0 Å². The normalized spacial score (nSPS) is 12.2. The zero-order valence-electron chi connectivity index (χ0n) is 11.7. The fourth-order valence-electron chi connectivity index (χ4n) is 2.55. The van der Waals surface area contributed by atoms with E-state index >= 15 is 0 Å². The van der Waals surface area contributed by atoms with Gasteiger partial charge in [-0.1, -0.05) is 18.2 Å². The first kappa shape index (κ1) is 13.6. The van der Waals surface area contributed by atoms with Crippen LogP contribution in [0.1, 0.15) is 28.2 Å². The molecule has 2 N–H and O–H groups in total. The van der Waals surface area contributed by atoms with E-state index in [4.69, 9.17) is 10.5 Å². The molecule has 0 bridgehead atoms. The third-order valence-corrected chi connectivity index (χ3v) is 3.41. The highest BCUT2D eigenvalue weighted by atomic mass is 16.5. The molecule has 1 aromatic heterocycles. The summed E-state index contributed by atoms with van der Waals surface area (Å²) in [7, 11) is 1.70. The second-order valence-electron chi connectivity index (χ2n) is 4.76. The lowest BCUT2D eigenvalue weighted by atomic mass is 9.90. The first-order valence-electron chi connectivity index (χ1n) is 6.42. The molecule has 19 heavy (non-hydrogen) atoms. The van der Waals surface area contributed by atoms with Crippen molar-refractivity contribution in [3.63, 3.8) is 0 Å². The van der Waals surface area contributed by atoms with Gasteiger partial charge in [0, 0.05) is 24.9 Å². The van der Waals surface area contributed by atoms with Crippen molar-refractivity contribution >= 4 is 0 Å². The van der Waals surface area contributed by atoms with Gasteiger partial charge in [-0.15, -0.1) is 0 Å². The third-order valence-electron chi connectivity index (χ3n) is 3.41. The molecule has 0 fully saturated rings. The van der Waals surface area contributed by atoms with Crippen molar-refractivity contribution < 1.29 is 4.74 Å². The number of rotatable bonds is 4. The first-order chi connectivity index (χ1) is 9.17. The molecule has 3 nitrogen and oxygen atoms in total. The average molecular weight is 256 g/mol. The van der Waals surface area contributed by atoms with Crippen molar-refractivity contribution in [2.45, 2.75) is 19.8 Å². The second-order valence-corrected chi connectivity index (χ2v) is 4.76. The highest BCUT2D eigenvalue weighted by molar-refractivity contribution is 5.46. The maximum absolute atomic E-state index is 5.95. The SMILES string of the molecule is COc1c(C)cc(C(CN)c2cccnc2)cc1C. The van der Waals surface area contributed by atoms with Crippen molar-refractivity contribution in [3.8, 4) is 5.75 Å². The highest BCUT2D eigenvalue weighted by Gasteiger charge is 2.15. The lowest BCUT2D eigenvalue weighted by molar-refractivity contribution is 0.408. The molecular formula is C16H20N2O. The molecular weight excluding hydrogens is 236 g/mol. The summed E-state index contributed by atoms with van der Waals surface area (Å²) in [6.07, 6.45) is 3.66. The van der Waals surface area contributed by atoms with Crippen LogP contribution in [0, 0.1) is 13.8 Å². The number of aryl methyl sites for hydroxylation is 2. The predicted octanol–water partition coefficient (Wildman–Crippen LogP) is 2.80. The summed E-state index contributed by atoms with van der Waals surface area (Å²) in [6, 6.07) is 8.31. The Morgan fingerprint density at radius 1 is 1.21 bits per heavy atom. The molecule has 0 saturated carbocycles. The van der Waals surface area contributed by atoms with Gasteiger partial charge in [0.25, 0.3) is 0 Å². The standard InChI is InChI=1S/C16H20N2O/c1-11-7-14(8-12(2)16(11)19-3)15(9-17)13-5-4-6-18-10-13/h4-8,10,15H,9,17H2,1-3H3. The summed E-state index contributed by atoms with van der Waals surface area (Å²) in [4.78, 5) is 4.18. The van der Waals surface area contributed by atoms with Gasteiger partial charge in [0.05, 0.1) is 7.11 Å². The minimum Gasteiger partial charge on any atom is -0.496 e. The Labute approximate surface area is 114 Å². The van der Waals surface area contributed by atoms with Gasteiger partial charge in [-0.25, -0.2) is 0 Å². The molecule has 0 spiro atoms. The number of hydrogen-bond acceptors (Lipinski definition) is 3. The summed E-state index contributed by atoms with van der Waals surface area (Å²) in [5.41, 5.74) is 10.6. The van der Waals surface area contributed by atoms with Crippen LogP contribution in [0.2, 0.25) is 0 Å². The van der Waals surface area contributed by atoms with Gasteiger partial charge in [-0.3, -0.25) is 4.98 Å². The monoisotopic (exact) mass is 256 g/mol. The van der Waals surface area contributed by atoms with Crippen LogP contribution in [0.5, 0.6) is 5.75 Å². The number of nitrogens with zero attached hydrogens (tertiary/aromatic N) is 1. The van der Waals surface area contributed by atoms with Crippen LogP contribution < -0.4 is 10.5 Å². The van der Waals surface area contributed by atoms with E-state index in [1.807, 2.05) is 12.3 Å². The van der Waals surface area contributed by atoms with Crippen LogP contribution in [0.4, 0.5) is 0 Å². The number of pyridine rings is 1. The highest BCUT2D eigenvalue weighted by Crippen LogP contribution is 2.30. The maximum Gasteiger partial charge on any atom is 0.124 e. The van der Waals surface area contributed by atoms with Gasteiger partial charge in [-0.2, -0.15) is 0 Å². The maximum atomic E-state index is 5.95. The van der Waals surface area contributed by atoms with E-state index in [0.717, 1.165) is 22.4 Å². The molecule has 1 unspecified atom stereocenters. The zero-order valence-corrected chi connectivity index (χ0v) is 11.7. The van der Waals surface area contributed by atoms with Gasteiger partial charge in [0.1, 0.15) is 5.75 Å². The van der Waals surface area contributed by atoms with Gasteiger partial charge in [-0.05, 0) is 42.2 Å². The molecule has 0 aliphatic rings. The summed E-state index contributed by atoms with van der Waals surface area (Å²) < 4.78 is 5.41. The van der Waals surface area contributed by atoms with Gasteiger partial charge in [0.2, 0.25) is 0 Å². The number of hydrogen-bond donors (Lipinski definition) is 1. The Kier molecular flexibility index (Phi) is 4.17. The minimum absolute atomic E-state index is 0.178. The fraction of sp³-hybridized carbons (Fsp3) is 0.312. The van der Waals surface area contributed by atoms with E-state index < -0.39 is 0 Å². The molecule has 0 saturated heterocycles. The smallest absolute Gasteiger partial charge is 0.124 e. The summed E-state index contributed by atoms with van der Waals surface area (Å²) >= 11 is 0. The molecule has 2 rings (SSSR count). The predicted molar refractivity (Wildman–Crippen MR) is 77.6 cm³/mol. The minimum atomic E-state index is 0.178. The molecule has 2 aromatic rings. The lowest BCUT2D eigenvalue weighted by Crippen LogP contribution is -2.14. The number of benzene rings is 1. The molecule has 100 valence electrons. The molecule has 3 heteroatoms. The van der Waals surface area contributed by atoms with Crippen LogP contribution >= 0.6 is 0 Å². The Hall–Kier alpha value is -1.87. The van der Waals surface area contributed by atoms with Crippen molar-refractivity contribution in [2.75, 3.05) is 13.7 Å². The summed E-state index contributed by atoms with van der Waals surface area (Å²) in [5, 5.41) is 0. The number of ether oxygens (including phenoxy) is 1. The van der Waals surface area contributed by atoms with Gasteiger partial charge in [0.15, 0.2) is 0 Å². The molecule has 1 atom stereocenters. The van der Waals surface area contributed by atoms with E-state index in [2.05, 4.69) is 37.0 Å². The largest absolute Gasteiger partial charge is 0.496 e. The Bertz CT molecular complexity index is 529. The Morgan fingerprint density at radius 2 is 1.89 bits per heavy atom. The van der Waals surface area contributed by atoms with E-state index in [-0.39, 0.29) is 5.92 Å². The van der Waals surface area contributed by atoms with Crippen LogP contribution in [0.3, 0.4) is 0 Å². The quantitative estimate of drug-likeness (QED) is 0.915. The van der Waals surface area contributed by atoms with Crippen molar-refractivity contribution in [1.82, 2.24) is 4.98 Å². The lowest BCUT2D eigenvalue weighted by Gasteiger charge is -2.18.